The van der Waals surface area contributed by atoms with Gasteiger partial charge in [0.05, 0.1) is 10.7 Å². The lowest BCUT2D eigenvalue weighted by molar-refractivity contribution is 0.173. The Hall–Kier alpha value is -0.970. The third-order valence-electron chi connectivity index (χ3n) is 2.28. The van der Waals surface area contributed by atoms with Crippen LogP contribution in [0.2, 0.25) is 5.02 Å². The highest BCUT2D eigenvalue weighted by Gasteiger charge is 2.10. The Labute approximate surface area is 113 Å². The number of hydrogen-bond acceptors (Lipinski definition) is 3. The zero-order valence-electron chi connectivity index (χ0n) is 8.85. The minimum atomic E-state index is -0.650. The van der Waals surface area contributed by atoms with E-state index in [9.17, 15) is 5.11 Å². The summed E-state index contributed by atoms with van der Waals surface area (Å²) < 4.78 is 0.895. The Morgan fingerprint density at radius 3 is 2.76 bits per heavy atom. The zero-order valence-corrected chi connectivity index (χ0v) is 11.2. The first kappa shape index (κ1) is 12.5. The van der Waals surface area contributed by atoms with Crippen LogP contribution < -0.4 is 0 Å². The van der Waals surface area contributed by atoms with E-state index >= 15 is 0 Å². The third kappa shape index (κ3) is 3.49. The molecule has 2 heterocycles. The van der Waals surface area contributed by atoms with Crippen molar-refractivity contribution in [2.75, 3.05) is 0 Å². The Balaban J connectivity index is 2.11. The minimum Gasteiger partial charge on any atom is -0.386 e. The van der Waals surface area contributed by atoms with Gasteiger partial charge in [-0.25, -0.2) is 0 Å². The monoisotopic (exact) mass is 312 g/mol. The molecule has 17 heavy (non-hydrogen) atoms. The average molecular weight is 314 g/mol. The van der Waals surface area contributed by atoms with Gasteiger partial charge in [0.2, 0.25) is 0 Å². The average Bonchev–Trinajstić information content (AvgIpc) is 2.29. The number of hydrogen-bond donors (Lipinski definition) is 1. The maximum atomic E-state index is 10.0. The maximum absolute atomic E-state index is 10.0. The Morgan fingerprint density at radius 1 is 1.29 bits per heavy atom. The van der Waals surface area contributed by atoms with Crippen LogP contribution in [-0.2, 0) is 6.42 Å². The van der Waals surface area contributed by atoms with Crippen molar-refractivity contribution in [1.82, 2.24) is 9.97 Å². The SMILES string of the molecule is OC(Cc1cncc(Br)c1)c1ccc(Cl)cn1. The van der Waals surface area contributed by atoms with Crippen molar-refractivity contribution >= 4 is 27.5 Å². The van der Waals surface area contributed by atoms with Gasteiger partial charge in [-0.3, -0.25) is 9.97 Å². The van der Waals surface area contributed by atoms with Crippen LogP contribution in [-0.4, -0.2) is 15.1 Å². The van der Waals surface area contributed by atoms with Crippen LogP contribution in [0.3, 0.4) is 0 Å². The highest BCUT2D eigenvalue weighted by molar-refractivity contribution is 9.10. The van der Waals surface area contributed by atoms with Crippen LogP contribution >= 0.6 is 27.5 Å². The van der Waals surface area contributed by atoms with E-state index in [0.717, 1.165) is 10.0 Å². The lowest BCUT2D eigenvalue weighted by atomic mass is 10.1. The molecular formula is C12H10BrClN2O. The molecule has 1 atom stereocenters. The predicted molar refractivity (Wildman–Crippen MR) is 69.8 cm³/mol. The summed E-state index contributed by atoms with van der Waals surface area (Å²) in [6.07, 6.45) is 4.78. The highest BCUT2D eigenvalue weighted by atomic mass is 79.9. The summed E-state index contributed by atoms with van der Waals surface area (Å²) >= 11 is 9.08. The van der Waals surface area contributed by atoms with Gasteiger partial charge in [0, 0.05) is 29.5 Å². The molecule has 2 rings (SSSR count). The van der Waals surface area contributed by atoms with Crippen molar-refractivity contribution in [2.24, 2.45) is 0 Å². The van der Waals surface area contributed by atoms with Crippen molar-refractivity contribution in [3.8, 4) is 0 Å². The highest BCUT2D eigenvalue weighted by Crippen LogP contribution is 2.19. The molecule has 1 unspecified atom stereocenters. The fraction of sp³-hybridized carbons (Fsp3) is 0.167. The van der Waals surface area contributed by atoms with Gasteiger partial charge >= 0.3 is 0 Å². The molecule has 0 aliphatic carbocycles. The maximum Gasteiger partial charge on any atom is 0.100 e. The molecule has 2 aromatic rings. The molecule has 0 radical (unpaired) electrons. The molecule has 0 bridgehead atoms. The number of aliphatic hydroxyl groups is 1. The van der Waals surface area contributed by atoms with E-state index in [-0.39, 0.29) is 0 Å². The Kier molecular flexibility index (Phi) is 4.10. The van der Waals surface area contributed by atoms with Gasteiger partial charge in [0.1, 0.15) is 6.10 Å². The number of nitrogens with zero attached hydrogens (tertiary/aromatic N) is 2. The van der Waals surface area contributed by atoms with Crippen molar-refractivity contribution in [1.29, 1.82) is 0 Å². The number of rotatable bonds is 3. The summed E-state index contributed by atoms with van der Waals surface area (Å²) in [6.45, 7) is 0. The second-order valence-electron chi connectivity index (χ2n) is 3.63. The van der Waals surface area contributed by atoms with Crippen molar-refractivity contribution in [3.63, 3.8) is 0 Å². The van der Waals surface area contributed by atoms with Crippen LogP contribution in [0.5, 0.6) is 0 Å². The van der Waals surface area contributed by atoms with E-state index in [4.69, 9.17) is 11.6 Å². The van der Waals surface area contributed by atoms with E-state index in [1.807, 2.05) is 6.07 Å². The Bertz CT molecular complexity index is 504. The lowest BCUT2D eigenvalue weighted by Gasteiger charge is -2.09. The molecule has 3 nitrogen and oxygen atoms in total. The topological polar surface area (TPSA) is 46.0 Å². The summed E-state index contributed by atoms with van der Waals surface area (Å²) in [5, 5.41) is 10.6. The van der Waals surface area contributed by atoms with Crippen molar-refractivity contribution in [2.45, 2.75) is 12.5 Å². The smallest absolute Gasteiger partial charge is 0.100 e. The van der Waals surface area contributed by atoms with E-state index in [1.165, 1.54) is 6.20 Å². The predicted octanol–water partition coefficient (Wildman–Crippen LogP) is 3.17. The van der Waals surface area contributed by atoms with Gasteiger partial charge in [0.15, 0.2) is 0 Å². The molecule has 88 valence electrons. The van der Waals surface area contributed by atoms with Crippen LogP contribution in [0.4, 0.5) is 0 Å². The third-order valence-corrected chi connectivity index (χ3v) is 2.94. The summed E-state index contributed by atoms with van der Waals surface area (Å²) in [4.78, 5) is 8.13. The Morgan fingerprint density at radius 2 is 2.12 bits per heavy atom. The number of aliphatic hydroxyl groups excluding tert-OH is 1. The van der Waals surface area contributed by atoms with E-state index < -0.39 is 6.10 Å². The molecule has 0 fully saturated rings. The molecule has 0 aromatic carbocycles. The second kappa shape index (κ2) is 5.58. The normalized spacial score (nSPS) is 12.4. The van der Waals surface area contributed by atoms with E-state index in [2.05, 4.69) is 25.9 Å². The zero-order chi connectivity index (χ0) is 12.3. The molecule has 0 spiro atoms. The largest absolute Gasteiger partial charge is 0.386 e. The van der Waals surface area contributed by atoms with E-state index in [0.29, 0.717) is 17.1 Å². The van der Waals surface area contributed by atoms with Crippen molar-refractivity contribution < 1.29 is 5.11 Å². The van der Waals surface area contributed by atoms with Gasteiger partial charge in [-0.15, -0.1) is 0 Å². The molecule has 2 aromatic heterocycles. The molecule has 5 heteroatoms. The van der Waals surface area contributed by atoms with Gasteiger partial charge in [-0.2, -0.15) is 0 Å². The molecule has 0 aliphatic rings. The summed E-state index contributed by atoms with van der Waals surface area (Å²) in [5.74, 6) is 0. The molecule has 1 N–H and O–H groups in total. The quantitative estimate of drug-likeness (QED) is 0.946. The fourth-order valence-electron chi connectivity index (χ4n) is 1.48. The first-order chi connectivity index (χ1) is 8.15. The molecule has 0 amide bonds. The standard InChI is InChI=1S/C12H10BrClN2O/c13-9-3-8(5-15-6-9)4-12(17)11-2-1-10(14)7-16-11/h1-3,5-7,12,17H,4H2. The summed E-state index contributed by atoms with van der Waals surface area (Å²) in [5.41, 5.74) is 1.55. The van der Waals surface area contributed by atoms with Gasteiger partial charge in [0.25, 0.3) is 0 Å². The number of aromatic nitrogens is 2. The first-order valence-corrected chi connectivity index (χ1v) is 6.21. The first-order valence-electron chi connectivity index (χ1n) is 5.04. The van der Waals surface area contributed by atoms with Crippen LogP contribution in [0.1, 0.15) is 17.4 Å². The minimum absolute atomic E-state index is 0.473. The summed E-state index contributed by atoms with van der Waals surface area (Å²) in [6, 6.07) is 5.36. The van der Waals surface area contributed by atoms with Crippen LogP contribution in [0.25, 0.3) is 0 Å². The van der Waals surface area contributed by atoms with Gasteiger partial charge in [-0.05, 0) is 39.7 Å². The molecule has 0 aliphatic heterocycles. The summed E-state index contributed by atoms with van der Waals surface area (Å²) in [7, 11) is 0. The van der Waals surface area contributed by atoms with Gasteiger partial charge in [-0.1, -0.05) is 11.6 Å². The number of halogens is 2. The van der Waals surface area contributed by atoms with Crippen LogP contribution in [0, 0.1) is 0 Å². The molecule has 0 saturated carbocycles. The van der Waals surface area contributed by atoms with Crippen molar-refractivity contribution in [3.05, 3.63) is 57.5 Å². The van der Waals surface area contributed by atoms with Crippen LogP contribution in [0.15, 0.2) is 41.3 Å². The van der Waals surface area contributed by atoms with E-state index in [1.54, 1.807) is 24.5 Å². The second-order valence-corrected chi connectivity index (χ2v) is 4.98. The number of pyridine rings is 2. The van der Waals surface area contributed by atoms with Gasteiger partial charge < -0.3 is 5.11 Å². The lowest BCUT2D eigenvalue weighted by Crippen LogP contribution is -2.04. The molecular weight excluding hydrogens is 304 g/mol. The molecule has 0 saturated heterocycles. The fourth-order valence-corrected chi connectivity index (χ4v) is 2.00.